The summed E-state index contributed by atoms with van der Waals surface area (Å²) in [5.41, 5.74) is -0.797. The van der Waals surface area contributed by atoms with Gasteiger partial charge in [-0.3, -0.25) is 4.79 Å². The summed E-state index contributed by atoms with van der Waals surface area (Å²) < 4.78 is 42.0. The molecule has 0 aliphatic carbocycles. The van der Waals surface area contributed by atoms with E-state index in [1.165, 1.54) is 6.07 Å². The number of carboxylic acids is 1. The van der Waals surface area contributed by atoms with E-state index in [1.54, 1.807) is 0 Å². The Morgan fingerprint density at radius 1 is 1.06 bits per heavy atom. The average Bonchev–Trinajstić information content (AvgIpc) is 2.79. The van der Waals surface area contributed by atoms with Gasteiger partial charge in [-0.2, -0.15) is 0 Å². The molecule has 5 N–H and O–H groups in total. The normalized spacial score (nSPS) is 25.6. The summed E-state index contributed by atoms with van der Waals surface area (Å²) in [6.07, 6.45) is -9.73. The van der Waals surface area contributed by atoms with Gasteiger partial charge in [-0.15, -0.1) is 0 Å². The van der Waals surface area contributed by atoms with Crippen LogP contribution in [0.1, 0.15) is 4.11 Å². The SMILES string of the molecule is [2H]C([2H])([2H])Oc1ccc(-c2cc(=O)c3c(O)cc(O[C@@H]4O[C@H](C(=O)[O-])[C@@H](O)[C@H](O)[C@H]4O)cc3o2)cc1O.[Na+]. The Labute approximate surface area is 223 Å². The number of aliphatic carboxylic acids is 1. The van der Waals surface area contributed by atoms with Crippen molar-refractivity contribution in [2.75, 3.05) is 7.04 Å². The standard InChI is InChI=1S/C22H20O12.Na/c1-31-13-3-2-8(4-10(13)23)14-7-12(25)16-11(24)5-9(6-15(16)33-14)32-22-19(28)17(26)18(27)20(34-22)21(29)30;/h2-7,17-20,22-24,26-28H,1H3,(H,29,30);/q;+1/p-1/t17-,18-,19+,20-,22+;/m0./s1/i1D3;. The summed E-state index contributed by atoms with van der Waals surface area (Å²) in [5, 5.41) is 61.2. The number of benzene rings is 2. The molecular formula is C22H19NaO12. The minimum absolute atomic E-state index is 0. The van der Waals surface area contributed by atoms with Gasteiger partial charge in [-0.05, 0) is 18.2 Å². The molecule has 2 aromatic carbocycles. The predicted molar refractivity (Wildman–Crippen MR) is 110 cm³/mol. The minimum Gasteiger partial charge on any atom is -0.547 e. The number of aliphatic hydroxyl groups is 3. The molecule has 0 amide bonds. The van der Waals surface area contributed by atoms with Crippen molar-refractivity contribution in [2.45, 2.75) is 30.7 Å². The minimum atomic E-state index is -2.81. The van der Waals surface area contributed by atoms with E-state index in [1.807, 2.05) is 0 Å². The fourth-order valence-electron chi connectivity index (χ4n) is 3.48. The van der Waals surface area contributed by atoms with Gasteiger partial charge in [0.25, 0.3) is 0 Å². The van der Waals surface area contributed by atoms with E-state index < -0.39 is 60.6 Å². The van der Waals surface area contributed by atoms with Crippen molar-refractivity contribution in [2.24, 2.45) is 0 Å². The molecule has 4 rings (SSSR count). The van der Waals surface area contributed by atoms with Crippen LogP contribution < -0.4 is 49.6 Å². The number of ether oxygens (including phenoxy) is 3. The molecule has 0 spiro atoms. The van der Waals surface area contributed by atoms with Crippen LogP contribution >= 0.6 is 0 Å². The maximum atomic E-state index is 12.7. The molecule has 0 unspecified atom stereocenters. The van der Waals surface area contributed by atoms with Gasteiger partial charge in [-0.1, -0.05) is 0 Å². The smallest absolute Gasteiger partial charge is 0.547 e. The molecule has 0 radical (unpaired) electrons. The van der Waals surface area contributed by atoms with Gasteiger partial charge in [0, 0.05) is 23.8 Å². The fraction of sp³-hybridized carbons (Fsp3) is 0.273. The number of methoxy groups -OCH3 is 1. The third-order valence-corrected chi connectivity index (χ3v) is 5.19. The number of aromatic hydroxyl groups is 2. The zero-order valence-corrected chi connectivity index (χ0v) is 19.9. The Morgan fingerprint density at radius 3 is 2.46 bits per heavy atom. The molecule has 35 heavy (non-hydrogen) atoms. The summed E-state index contributed by atoms with van der Waals surface area (Å²) in [5.74, 6) is -3.76. The van der Waals surface area contributed by atoms with E-state index in [4.69, 9.17) is 18.0 Å². The number of carbonyl (C=O) groups excluding carboxylic acids is 1. The number of carbonyl (C=O) groups is 1. The number of aliphatic hydroxyl groups excluding tert-OH is 3. The summed E-state index contributed by atoms with van der Waals surface area (Å²) in [7, 11) is -2.81. The van der Waals surface area contributed by atoms with Gasteiger partial charge in [0.15, 0.2) is 16.9 Å². The number of carboxylic acid groups (broad SMARTS) is 1. The monoisotopic (exact) mass is 501 g/mol. The number of phenols is 2. The van der Waals surface area contributed by atoms with Crippen LogP contribution in [-0.2, 0) is 9.53 Å². The van der Waals surface area contributed by atoms with Crippen LogP contribution in [-0.4, -0.2) is 69.2 Å². The van der Waals surface area contributed by atoms with Crippen molar-refractivity contribution < 1.29 is 87.7 Å². The number of hydrogen-bond acceptors (Lipinski definition) is 12. The summed E-state index contributed by atoms with van der Waals surface area (Å²) in [6, 6.07) is 6.61. The number of fused-ring (bicyclic) bond motifs is 1. The molecule has 13 heteroatoms. The van der Waals surface area contributed by atoms with Crippen LogP contribution in [0.15, 0.2) is 45.6 Å². The largest absolute Gasteiger partial charge is 1.00 e. The first kappa shape index (κ1) is 22.6. The van der Waals surface area contributed by atoms with Gasteiger partial charge in [0.05, 0.1) is 17.1 Å². The first-order valence-electron chi connectivity index (χ1n) is 11.2. The third-order valence-electron chi connectivity index (χ3n) is 5.19. The Kier molecular flexibility index (Phi) is 6.73. The maximum absolute atomic E-state index is 12.7. The van der Waals surface area contributed by atoms with E-state index in [-0.39, 0.29) is 63.3 Å². The molecule has 5 atom stereocenters. The predicted octanol–water partition coefficient (Wildman–Crippen LogP) is -4.18. The number of phenolic OH excluding ortho intramolecular Hbond substituents is 2. The van der Waals surface area contributed by atoms with Crippen LogP contribution in [0.5, 0.6) is 23.0 Å². The molecule has 1 aromatic heterocycles. The summed E-state index contributed by atoms with van der Waals surface area (Å²) in [4.78, 5) is 23.8. The Hall–Kier alpha value is -2.84. The quantitative estimate of drug-likeness (QED) is 0.212. The molecule has 0 bridgehead atoms. The second-order valence-electron chi connectivity index (χ2n) is 7.41. The van der Waals surface area contributed by atoms with Crippen LogP contribution in [0.4, 0.5) is 0 Å². The molecule has 1 fully saturated rings. The molecule has 0 saturated carbocycles. The topological polar surface area (TPSA) is 199 Å². The van der Waals surface area contributed by atoms with E-state index >= 15 is 0 Å². The van der Waals surface area contributed by atoms with Crippen LogP contribution in [0.25, 0.3) is 22.3 Å². The molecule has 3 aromatic rings. The molecule has 180 valence electrons. The van der Waals surface area contributed by atoms with Gasteiger partial charge in [-0.25, -0.2) is 0 Å². The van der Waals surface area contributed by atoms with Crippen LogP contribution in [0.2, 0.25) is 0 Å². The zero-order valence-electron chi connectivity index (χ0n) is 20.9. The molecule has 2 heterocycles. The first-order chi connectivity index (χ1) is 17.2. The van der Waals surface area contributed by atoms with Crippen molar-refractivity contribution in [1.82, 2.24) is 0 Å². The van der Waals surface area contributed by atoms with Gasteiger partial charge >= 0.3 is 29.6 Å². The maximum Gasteiger partial charge on any atom is 1.00 e. The Balaban J connectivity index is 0.00000400. The van der Waals surface area contributed by atoms with Crippen molar-refractivity contribution in [3.63, 3.8) is 0 Å². The summed E-state index contributed by atoms with van der Waals surface area (Å²) in [6.45, 7) is 0. The van der Waals surface area contributed by atoms with Crippen molar-refractivity contribution in [3.8, 4) is 34.3 Å². The average molecular weight is 501 g/mol. The van der Waals surface area contributed by atoms with Gasteiger partial charge in [0.1, 0.15) is 52.6 Å². The number of hydrogen-bond donors (Lipinski definition) is 5. The van der Waals surface area contributed by atoms with E-state index in [2.05, 4.69) is 4.74 Å². The van der Waals surface area contributed by atoms with Crippen LogP contribution in [0, 0.1) is 0 Å². The van der Waals surface area contributed by atoms with E-state index in [9.17, 15) is 40.2 Å². The molecule has 1 aliphatic rings. The Morgan fingerprint density at radius 2 is 1.80 bits per heavy atom. The third kappa shape index (κ3) is 5.09. The van der Waals surface area contributed by atoms with Crippen molar-refractivity contribution in [1.29, 1.82) is 0 Å². The van der Waals surface area contributed by atoms with Gasteiger partial charge in [0.2, 0.25) is 6.29 Å². The van der Waals surface area contributed by atoms with Crippen LogP contribution in [0.3, 0.4) is 0 Å². The van der Waals surface area contributed by atoms with Crippen molar-refractivity contribution >= 4 is 16.9 Å². The first-order valence-corrected chi connectivity index (χ1v) is 9.65. The second kappa shape index (κ2) is 10.4. The molecule has 1 aliphatic heterocycles. The zero-order chi connectivity index (χ0) is 27.2. The molecular weight excluding hydrogens is 479 g/mol. The molecule has 1 saturated heterocycles. The summed E-state index contributed by atoms with van der Waals surface area (Å²) >= 11 is 0. The molecule has 12 nitrogen and oxygen atoms in total. The number of rotatable bonds is 5. The van der Waals surface area contributed by atoms with Gasteiger partial charge < -0.3 is 54.1 Å². The van der Waals surface area contributed by atoms with E-state index in [0.29, 0.717) is 0 Å². The Bertz CT molecular complexity index is 1410. The fourth-order valence-corrected chi connectivity index (χ4v) is 3.48. The van der Waals surface area contributed by atoms with E-state index in [0.717, 1.165) is 30.3 Å². The van der Waals surface area contributed by atoms with Crippen molar-refractivity contribution in [3.05, 3.63) is 46.6 Å². The second-order valence-corrected chi connectivity index (χ2v) is 7.41.